The molecule has 2 aliphatic rings. The van der Waals surface area contributed by atoms with Gasteiger partial charge in [-0.1, -0.05) is 23.7 Å². The number of halogens is 1. The number of piperazine rings is 1. The molecule has 2 fully saturated rings. The van der Waals surface area contributed by atoms with Crippen LogP contribution in [0.5, 0.6) is 0 Å². The van der Waals surface area contributed by atoms with Gasteiger partial charge in [0, 0.05) is 51.9 Å². The predicted octanol–water partition coefficient (Wildman–Crippen LogP) is 3.19. The third-order valence-corrected chi connectivity index (χ3v) is 6.31. The Balaban J connectivity index is 1.37. The average molecular weight is 433 g/mol. The van der Waals surface area contributed by atoms with Gasteiger partial charge in [-0.15, -0.1) is 0 Å². The molecular weight excluding hydrogens is 404 g/mol. The first-order valence-corrected chi connectivity index (χ1v) is 11.2. The van der Waals surface area contributed by atoms with Crippen LogP contribution in [0.4, 0.5) is 5.82 Å². The standard InChI is InChI=1S/C21H29ClN6O2/c1-3-18-24-20(30-25-18)15(2)26-9-11-27(12-10-26)19-17(22)13-16(14-23-19)21(29)28-7-5-4-6-8-28/h13-15H,3-12H2,1-2H3. The van der Waals surface area contributed by atoms with Gasteiger partial charge in [0.15, 0.2) is 5.82 Å². The van der Waals surface area contributed by atoms with Crippen molar-refractivity contribution in [1.29, 1.82) is 0 Å². The Labute approximate surface area is 182 Å². The third-order valence-electron chi connectivity index (χ3n) is 6.03. The number of carbonyl (C=O) groups is 1. The Morgan fingerprint density at radius 2 is 1.90 bits per heavy atom. The van der Waals surface area contributed by atoms with E-state index in [0.29, 0.717) is 16.5 Å². The van der Waals surface area contributed by atoms with Gasteiger partial charge in [-0.25, -0.2) is 4.98 Å². The number of amides is 1. The fourth-order valence-corrected chi connectivity index (χ4v) is 4.40. The van der Waals surface area contributed by atoms with Crippen molar-refractivity contribution in [3.8, 4) is 0 Å². The van der Waals surface area contributed by atoms with E-state index in [4.69, 9.17) is 16.1 Å². The van der Waals surface area contributed by atoms with Gasteiger partial charge in [0.05, 0.1) is 16.6 Å². The smallest absolute Gasteiger partial charge is 0.255 e. The number of aromatic nitrogens is 3. The molecule has 2 aliphatic heterocycles. The summed E-state index contributed by atoms with van der Waals surface area (Å²) in [5, 5.41) is 4.53. The van der Waals surface area contributed by atoms with Crippen LogP contribution in [-0.2, 0) is 6.42 Å². The van der Waals surface area contributed by atoms with Crippen LogP contribution >= 0.6 is 11.6 Å². The lowest BCUT2D eigenvalue weighted by Crippen LogP contribution is -2.47. The Bertz CT molecular complexity index is 874. The zero-order valence-corrected chi connectivity index (χ0v) is 18.4. The summed E-state index contributed by atoms with van der Waals surface area (Å²) >= 11 is 6.54. The summed E-state index contributed by atoms with van der Waals surface area (Å²) in [6.07, 6.45) is 5.76. The number of carbonyl (C=O) groups excluding carboxylic acids is 1. The van der Waals surface area contributed by atoms with Gasteiger partial charge in [-0.05, 0) is 32.3 Å². The summed E-state index contributed by atoms with van der Waals surface area (Å²) in [4.78, 5) is 28.1. The first-order chi connectivity index (χ1) is 14.6. The summed E-state index contributed by atoms with van der Waals surface area (Å²) in [6, 6.07) is 1.84. The quantitative estimate of drug-likeness (QED) is 0.717. The Hall–Kier alpha value is -2.19. The van der Waals surface area contributed by atoms with E-state index in [0.717, 1.165) is 70.2 Å². The highest BCUT2D eigenvalue weighted by atomic mass is 35.5. The molecule has 162 valence electrons. The minimum atomic E-state index is 0.0281. The number of nitrogens with zero attached hydrogens (tertiary/aromatic N) is 6. The van der Waals surface area contributed by atoms with Gasteiger partial charge >= 0.3 is 0 Å². The Kier molecular flexibility index (Phi) is 6.53. The van der Waals surface area contributed by atoms with Crippen molar-refractivity contribution < 1.29 is 9.32 Å². The number of piperidine rings is 1. The maximum atomic E-state index is 12.7. The number of hydrogen-bond donors (Lipinski definition) is 0. The van der Waals surface area contributed by atoms with E-state index in [1.165, 1.54) is 6.42 Å². The minimum absolute atomic E-state index is 0.0281. The number of likely N-dealkylation sites (tertiary alicyclic amines) is 1. The lowest BCUT2D eigenvalue weighted by atomic mass is 10.1. The second-order valence-corrected chi connectivity index (χ2v) is 8.39. The first-order valence-electron chi connectivity index (χ1n) is 10.8. The van der Waals surface area contributed by atoms with Gasteiger partial charge in [-0.3, -0.25) is 9.69 Å². The van der Waals surface area contributed by atoms with Gasteiger partial charge in [0.1, 0.15) is 5.82 Å². The molecule has 1 amide bonds. The molecule has 9 heteroatoms. The number of rotatable bonds is 5. The lowest BCUT2D eigenvalue weighted by molar-refractivity contribution is 0.0724. The van der Waals surface area contributed by atoms with Crippen molar-refractivity contribution in [2.45, 2.75) is 45.6 Å². The highest BCUT2D eigenvalue weighted by molar-refractivity contribution is 6.33. The normalized spacial score (nSPS) is 19.2. The van der Waals surface area contributed by atoms with Gasteiger partial charge in [0.2, 0.25) is 5.89 Å². The molecule has 0 spiro atoms. The second kappa shape index (κ2) is 9.31. The summed E-state index contributed by atoms with van der Waals surface area (Å²) in [5.41, 5.74) is 0.570. The van der Waals surface area contributed by atoms with Crippen LogP contribution in [0.3, 0.4) is 0 Å². The second-order valence-electron chi connectivity index (χ2n) is 7.98. The van der Waals surface area contributed by atoms with Crippen LogP contribution < -0.4 is 4.90 Å². The van der Waals surface area contributed by atoms with E-state index < -0.39 is 0 Å². The zero-order valence-electron chi connectivity index (χ0n) is 17.7. The number of hydrogen-bond acceptors (Lipinski definition) is 7. The van der Waals surface area contributed by atoms with Crippen LogP contribution in [-0.4, -0.2) is 70.1 Å². The van der Waals surface area contributed by atoms with E-state index in [1.807, 2.05) is 11.8 Å². The molecule has 0 radical (unpaired) electrons. The molecule has 0 N–H and O–H groups in total. The molecule has 2 saturated heterocycles. The van der Waals surface area contributed by atoms with Crippen molar-refractivity contribution in [2.75, 3.05) is 44.2 Å². The third kappa shape index (κ3) is 4.44. The first kappa shape index (κ1) is 21.1. The van der Waals surface area contributed by atoms with Crippen LogP contribution in [0.1, 0.15) is 61.2 Å². The molecule has 4 heterocycles. The molecule has 1 unspecified atom stereocenters. The molecule has 1 atom stereocenters. The van der Waals surface area contributed by atoms with Crippen LogP contribution in [0.2, 0.25) is 5.02 Å². The predicted molar refractivity (Wildman–Crippen MR) is 115 cm³/mol. The number of pyridine rings is 1. The Morgan fingerprint density at radius 1 is 1.17 bits per heavy atom. The average Bonchev–Trinajstić information content (AvgIpc) is 3.28. The number of anilines is 1. The zero-order chi connectivity index (χ0) is 21.1. The van der Waals surface area contributed by atoms with Crippen molar-refractivity contribution >= 4 is 23.3 Å². The summed E-state index contributed by atoms with van der Waals surface area (Å²) < 4.78 is 5.40. The van der Waals surface area contributed by atoms with E-state index in [9.17, 15) is 4.79 Å². The highest BCUT2D eigenvalue weighted by Crippen LogP contribution is 2.28. The van der Waals surface area contributed by atoms with E-state index in [-0.39, 0.29) is 11.9 Å². The molecule has 0 aromatic carbocycles. The van der Waals surface area contributed by atoms with Crippen molar-refractivity contribution in [3.05, 3.63) is 34.6 Å². The lowest BCUT2D eigenvalue weighted by Gasteiger charge is -2.37. The SMILES string of the molecule is CCc1noc(C(C)N2CCN(c3ncc(C(=O)N4CCCCC4)cc3Cl)CC2)n1. The molecule has 4 rings (SSSR count). The van der Waals surface area contributed by atoms with Gasteiger partial charge < -0.3 is 14.3 Å². The largest absolute Gasteiger partial charge is 0.353 e. The summed E-state index contributed by atoms with van der Waals surface area (Å²) in [6.45, 7) is 9.02. The Morgan fingerprint density at radius 3 is 2.53 bits per heavy atom. The minimum Gasteiger partial charge on any atom is -0.353 e. The van der Waals surface area contributed by atoms with Crippen LogP contribution in [0, 0.1) is 0 Å². The van der Waals surface area contributed by atoms with Crippen molar-refractivity contribution in [1.82, 2.24) is 24.9 Å². The van der Waals surface area contributed by atoms with Crippen LogP contribution in [0.15, 0.2) is 16.8 Å². The monoisotopic (exact) mass is 432 g/mol. The van der Waals surface area contributed by atoms with Crippen LogP contribution in [0.25, 0.3) is 0 Å². The molecule has 8 nitrogen and oxygen atoms in total. The fourth-order valence-electron chi connectivity index (χ4n) is 4.12. The maximum absolute atomic E-state index is 12.7. The topological polar surface area (TPSA) is 78.6 Å². The fraction of sp³-hybridized carbons (Fsp3) is 0.619. The molecule has 2 aromatic rings. The highest BCUT2D eigenvalue weighted by Gasteiger charge is 2.27. The van der Waals surface area contributed by atoms with Gasteiger partial charge in [0.25, 0.3) is 5.91 Å². The number of aryl methyl sites for hydroxylation is 1. The summed E-state index contributed by atoms with van der Waals surface area (Å²) in [7, 11) is 0. The van der Waals surface area contributed by atoms with Gasteiger partial charge in [-0.2, -0.15) is 4.98 Å². The maximum Gasteiger partial charge on any atom is 0.255 e. The molecule has 0 saturated carbocycles. The van der Waals surface area contributed by atoms with E-state index in [2.05, 4.69) is 31.8 Å². The van der Waals surface area contributed by atoms with Crippen molar-refractivity contribution in [2.24, 2.45) is 0 Å². The van der Waals surface area contributed by atoms with Crippen molar-refractivity contribution in [3.63, 3.8) is 0 Å². The molecule has 30 heavy (non-hydrogen) atoms. The summed E-state index contributed by atoms with van der Waals surface area (Å²) in [5.74, 6) is 2.17. The van der Waals surface area contributed by atoms with E-state index in [1.54, 1.807) is 12.3 Å². The molecule has 0 bridgehead atoms. The van der Waals surface area contributed by atoms with E-state index >= 15 is 0 Å². The molecular formula is C21H29ClN6O2. The molecule has 0 aliphatic carbocycles. The molecule has 2 aromatic heterocycles.